The standard InChI is InChI=1S/C47H53ClN6O7S2/c1-47(2,3)61-46(56)49-26-10-9-12-38(33-62-40-13-5-4-6-14-40)50-43-25-24-41(31-44(43)54(57)58)63(59,60)51-45(55)35-18-22-39(23-19-35)53-29-27-52(28-30-53)32-36-11-7-8-15-42(36)34-16-20-37(48)21-17-34/h4-8,11,13-25,31,38,50H,9-10,12,26-30,32-33H2,1-3H3,(H,49,56)(H,51,55)/t38-/m1/s1. The molecule has 0 radical (unpaired) electrons. The van der Waals surface area contributed by atoms with Crippen LogP contribution < -0.4 is 20.3 Å². The Hall–Kier alpha value is -5.61. The van der Waals surface area contributed by atoms with Gasteiger partial charge in [0.05, 0.1) is 9.82 Å². The first-order valence-corrected chi connectivity index (χ1v) is 23.7. The van der Waals surface area contributed by atoms with Crippen molar-refractivity contribution in [2.75, 3.05) is 48.7 Å². The summed E-state index contributed by atoms with van der Waals surface area (Å²) in [5.41, 5.74) is 3.66. The fourth-order valence-electron chi connectivity index (χ4n) is 7.14. The number of nitrogens with zero attached hydrogens (tertiary/aromatic N) is 3. The van der Waals surface area contributed by atoms with Gasteiger partial charge in [0, 0.05) is 78.3 Å². The van der Waals surface area contributed by atoms with Crippen LogP contribution in [0.15, 0.2) is 131 Å². The number of benzene rings is 5. The summed E-state index contributed by atoms with van der Waals surface area (Å²) in [7, 11) is -4.48. The predicted molar refractivity (Wildman–Crippen MR) is 251 cm³/mol. The molecule has 1 aliphatic rings. The summed E-state index contributed by atoms with van der Waals surface area (Å²) in [5, 5.41) is 19.0. The van der Waals surface area contributed by atoms with Crippen LogP contribution in [0, 0.1) is 10.1 Å². The van der Waals surface area contributed by atoms with Crippen molar-refractivity contribution < 1.29 is 27.7 Å². The summed E-state index contributed by atoms with van der Waals surface area (Å²) in [6.45, 7) is 9.78. The first kappa shape index (κ1) is 46.9. The van der Waals surface area contributed by atoms with Crippen molar-refractivity contribution >= 4 is 62.4 Å². The molecule has 0 saturated carbocycles. The predicted octanol–water partition coefficient (Wildman–Crippen LogP) is 9.62. The van der Waals surface area contributed by atoms with E-state index in [1.165, 1.54) is 23.3 Å². The van der Waals surface area contributed by atoms with Crippen molar-refractivity contribution in [3.63, 3.8) is 0 Å². The van der Waals surface area contributed by atoms with E-state index in [9.17, 15) is 28.1 Å². The monoisotopic (exact) mass is 912 g/mol. The van der Waals surface area contributed by atoms with E-state index in [2.05, 4.69) is 43.4 Å². The number of carbonyl (C=O) groups is 2. The number of hydrogen-bond acceptors (Lipinski definition) is 11. The van der Waals surface area contributed by atoms with Gasteiger partial charge in [-0.25, -0.2) is 17.9 Å². The molecule has 5 aromatic rings. The number of piperazine rings is 1. The highest BCUT2D eigenvalue weighted by molar-refractivity contribution is 7.99. The summed E-state index contributed by atoms with van der Waals surface area (Å²) in [6, 6.07) is 36.0. The third-order valence-electron chi connectivity index (χ3n) is 10.3. The van der Waals surface area contributed by atoms with Crippen LogP contribution in [0.25, 0.3) is 11.1 Å². The zero-order valence-electron chi connectivity index (χ0n) is 35.6. The third kappa shape index (κ3) is 13.9. The number of anilines is 2. The Balaban J connectivity index is 1.04. The normalized spacial score (nSPS) is 13.8. The summed E-state index contributed by atoms with van der Waals surface area (Å²) < 4.78 is 34.3. The Morgan fingerprint density at radius 1 is 0.873 bits per heavy atom. The van der Waals surface area contributed by atoms with Crippen molar-refractivity contribution in [2.45, 2.75) is 68.0 Å². The molecule has 0 aliphatic carbocycles. The largest absolute Gasteiger partial charge is 0.444 e. The molecule has 0 aromatic heterocycles. The van der Waals surface area contributed by atoms with E-state index in [1.807, 2.05) is 60.7 Å². The molecule has 0 bridgehead atoms. The second-order valence-corrected chi connectivity index (χ2v) is 19.4. The average molecular weight is 914 g/mol. The van der Waals surface area contributed by atoms with Gasteiger partial charge in [0.15, 0.2) is 0 Å². The van der Waals surface area contributed by atoms with Crippen LogP contribution in [-0.4, -0.2) is 80.4 Å². The van der Waals surface area contributed by atoms with E-state index in [-0.39, 0.29) is 17.3 Å². The molecule has 1 fully saturated rings. The summed E-state index contributed by atoms with van der Waals surface area (Å²) in [4.78, 5) is 42.2. The number of hydrogen-bond donors (Lipinski definition) is 3. The van der Waals surface area contributed by atoms with Crippen molar-refractivity contribution in [1.29, 1.82) is 0 Å². The highest BCUT2D eigenvalue weighted by atomic mass is 35.5. The van der Waals surface area contributed by atoms with Crippen molar-refractivity contribution in [1.82, 2.24) is 14.9 Å². The minimum absolute atomic E-state index is 0.132. The molecule has 1 atom stereocenters. The summed E-state index contributed by atoms with van der Waals surface area (Å²) >= 11 is 7.71. The zero-order valence-corrected chi connectivity index (χ0v) is 38.0. The van der Waals surface area contributed by atoms with Crippen LogP contribution in [0.1, 0.15) is 56.0 Å². The van der Waals surface area contributed by atoms with E-state index in [1.54, 1.807) is 56.8 Å². The van der Waals surface area contributed by atoms with Gasteiger partial charge < -0.3 is 20.3 Å². The fourth-order valence-corrected chi connectivity index (χ4v) is 9.25. The molecular formula is C47H53ClN6O7S2. The van der Waals surface area contributed by atoms with Gasteiger partial charge in [0.1, 0.15) is 11.3 Å². The molecule has 1 saturated heterocycles. The average Bonchev–Trinajstić information content (AvgIpc) is 3.26. The number of amides is 2. The smallest absolute Gasteiger partial charge is 0.407 e. The SMILES string of the molecule is CC(C)(C)OC(=O)NCCCC[C@H](CSc1ccccc1)Nc1ccc(S(=O)(=O)NC(=O)c2ccc(N3CCN(Cc4ccccc4-c4ccc(Cl)cc4)CC3)cc2)cc1[N+](=O)[O-]. The number of rotatable bonds is 18. The molecule has 0 spiro atoms. The van der Waals surface area contributed by atoms with E-state index in [4.69, 9.17) is 16.3 Å². The Bertz CT molecular complexity index is 2440. The van der Waals surface area contributed by atoms with Gasteiger partial charge in [-0.2, -0.15) is 0 Å². The topological polar surface area (TPSA) is 163 Å². The fraction of sp³-hybridized carbons (Fsp3) is 0.319. The molecule has 16 heteroatoms. The molecule has 5 aromatic carbocycles. The summed E-state index contributed by atoms with van der Waals surface area (Å²) in [6.07, 6.45) is 1.45. The Labute approximate surface area is 378 Å². The lowest BCUT2D eigenvalue weighted by molar-refractivity contribution is -0.384. The van der Waals surface area contributed by atoms with Gasteiger partial charge in [-0.05, 0) is 117 Å². The molecule has 332 valence electrons. The molecule has 63 heavy (non-hydrogen) atoms. The van der Waals surface area contributed by atoms with Crippen molar-refractivity contribution in [3.05, 3.63) is 148 Å². The van der Waals surface area contributed by atoms with Crippen LogP contribution in [0.3, 0.4) is 0 Å². The lowest BCUT2D eigenvalue weighted by Crippen LogP contribution is -2.46. The van der Waals surface area contributed by atoms with E-state index in [0.717, 1.165) is 54.9 Å². The van der Waals surface area contributed by atoms with Gasteiger partial charge in [0.2, 0.25) is 0 Å². The number of nitro groups is 1. The minimum atomic E-state index is -4.48. The number of ether oxygens (including phenoxy) is 1. The number of nitrogens with one attached hydrogen (secondary N) is 3. The number of carbonyl (C=O) groups excluding carboxylic acids is 2. The van der Waals surface area contributed by atoms with Crippen LogP contribution in [-0.2, 0) is 21.3 Å². The number of sulfonamides is 1. The zero-order chi connectivity index (χ0) is 45.0. The van der Waals surface area contributed by atoms with Crippen LogP contribution in [0.5, 0.6) is 0 Å². The number of thioether (sulfide) groups is 1. The molecule has 13 nitrogen and oxygen atoms in total. The molecule has 3 N–H and O–H groups in total. The number of alkyl carbamates (subject to hydrolysis) is 1. The highest BCUT2D eigenvalue weighted by Gasteiger charge is 2.26. The minimum Gasteiger partial charge on any atom is -0.444 e. The van der Waals surface area contributed by atoms with Crippen LogP contribution in [0.2, 0.25) is 5.02 Å². The maximum Gasteiger partial charge on any atom is 0.407 e. The maximum atomic E-state index is 13.5. The van der Waals surface area contributed by atoms with E-state index >= 15 is 0 Å². The lowest BCUT2D eigenvalue weighted by Gasteiger charge is -2.36. The quantitative estimate of drug-likeness (QED) is 0.0332. The molecular weight excluding hydrogens is 860 g/mol. The molecule has 2 amide bonds. The Morgan fingerprint density at radius 3 is 2.24 bits per heavy atom. The van der Waals surface area contributed by atoms with E-state index in [0.29, 0.717) is 36.6 Å². The van der Waals surface area contributed by atoms with Crippen molar-refractivity contribution in [2.24, 2.45) is 0 Å². The molecule has 1 heterocycles. The van der Waals surface area contributed by atoms with Crippen LogP contribution in [0.4, 0.5) is 21.9 Å². The highest BCUT2D eigenvalue weighted by Crippen LogP contribution is 2.31. The number of halogens is 1. The van der Waals surface area contributed by atoms with Gasteiger partial charge in [-0.15, -0.1) is 11.8 Å². The van der Waals surface area contributed by atoms with Gasteiger partial charge in [0.25, 0.3) is 21.6 Å². The molecule has 1 aliphatic heterocycles. The van der Waals surface area contributed by atoms with Gasteiger partial charge in [-0.1, -0.05) is 66.2 Å². The van der Waals surface area contributed by atoms with Crippen molar-refractivity contribution in [3.8, 4) is 11.1 Å². The maximum absolute atomic E-state index is 13.5. The second kappa shape index (κ2) is 21.7. The van der Waals surface area contributed by atoms with Crippen LogP contribution >= 0.6 is 23.4 Å². The van der Waals surface area contributed by atoms with Gasteiger partial charge in [-0.3, -0.25) is 19.8 Å². The Kier molecular flexibility index (Phi) is 16.1. The molecule has 6 rings (SSSR count). The third-order valence-corrected chi connectivity index (χ3v) is 13.1. The first-order chi connectivity index (χ1) is 30.1. The number of unbranched alkanes of at least 4 members (excludes halogenated alkanes) is 1. The summed E-state index contributed by atoms with van der Waals surface area (Å²) in [5.74, 6) is -0.290. The first-order valence-electron chi connectivity index (χ1n) is 20.8. The van der Waals surface area contributed by atoms with Gasteiger partial charge >= 0.3 is 6.09 Å². The lowest BCUT2D eigenvalue weighted by atomic mass is 9.99. The number of nitro benzene ring substituents is 1. The second-order valence-electron chi connectivity index (χ2n) is 16.2. The Morgan fingerprint density at radius 2 is 1.56 bits per heavy atom. The molecule has 0 unspecified atom stereocenters. The van der Waals surface area contributed by atoms with E-state index < -0.39 is 43.1 Å².